The Morgan fingerprint density at radius 2 is 2.24 bits per heavy atom. The minimum Gasteiger partial charge on any atom is -0.338 e. The first-order valence-electron chi connectivity index (χ1n) is 8.78. The molecule has 0 bridgehead atoms. The number of hydrogen-bond donors (Lipinski definition) is 1. The first-order valence-corrected chi connectivity index (χ1v) is 8.78. The van der Waals surface area contributed by atoms with Crippen molar-refractivity contribution in [2.45, 2.75) is 53.1 Å². The van der Waals surface area contributed by atoms with E-state index in [1.54, 1.807) is 6.07 Å². The van der Waals surface area contributed by atoms with E-state index in [1.165, 1.54) is 0 Å². The van der Waals surface area contributed by atoms with Crippen LogP contribution in [0.3, 0.4) is 0 Å². The van der Waals surface area contributed by atoms with Crippen LogP contribution < -0.4 is 5.32 Å². The van der Waals surface area contributed by atoms with Crippen molar-refractivity contribution < 1.29 is 9.32 Å². The Morgan fingerprint density at radius 1 is 1.44 bits per heavy atom. The Hall–Kier alpha value is -2.22. The van der Waals surface area contributed by atoms with Crippen molar-refractivity contribution in [3.05, 3.63) is 23.4 Å². The lowest BCUT2D eigenvalue weighted by Crippen LogP contribution is -2.47. The normalized spacial score (nSPS) is 19.8. The summed E-state index contributed by atoms with van der Waals surface area (Å²) in [5.74, 6) is 2.55. The summed E-state index contributed by atoms with van der Waals surface area (Å²) in [6.45, 7) is 10.3. The fraction of sp³-hybridized carbons (Fsp3) is 0.647. The van der Waals surface area contributed by atoms with E-state index in [4.69, 9.17) is 4.52 Å². The van der Waals surface area contributed by atoms with Gasteiger partial charge in [0.15, 0.2) is 0 Å². The maximum absolute atomic E-state index is 12.5. The fourth-order valence-electron chi connectivity index (χ4n) is 3.39. The van der Waals surface area contributed by atoms with Crippen LogP contribution in [0.25, 0.3) is 0 Å². The number of likely N-dealkylation sites (tertiary alicyclic amines) is 1. The van der Waals surface area contributed by atoms with Crippen molar-refractivity contribution in [2.24, 2.45) is 5.92 Å². The Kier molecular flexibility index (Phi) is 5.17. The molecule has 25 heavy (non-hydrogen) atoms. The molecule has 0 aliphatic carbocycles. The predicted molar refractivity (Wildman–Crippen MR) is 93.1 cm³/mol. The topological polar surface area (TPSA) is 89.1 Å². The summed E-state index contributed by atoms with van der Waals surface area (Å²) < 4.78 is 7.05. The molecule has 1 saturated heterocycles. The zero-order chi connectivity index (χ0) is 18.0. The Labute approximate surface area is 147 Å². The Bertz CT molecular complexity index is 737. The molecule has 2 aromatic heterocycles. The van der Waals surface area contributed by atoms with Gasteiger partial charge in [-0.1, -0.05) is 5.16 Å². The quantitative estimate of drug-likeness (QED) is 0.890. The van der Waals surface area contributed by atoms with Gasteiger partial charge in [0.25, 0.3) is 0 Å². The van der Waals surface area contributed by atoms with Crippen LogP contribution in [0.4, 0.5) is 5.88 Å². The molecule has 136 valence electrons. The third kappa shape index (κ3) is 4.25. The van der Waals surface area contributed by atoms with Crippen molar-refractivity contribution in [3.8, 4) is 0 Å². The van der Waals surface area contributed by atoms with Crippen molar-refractivity contribution in [1.29, 1.82) is 0 Å². The number of nitrogens with one attached hydrogen (secondary N) is 1. The van der Waals surface area contributed by atoms with Gasteiger partial charge in [0.2, 0.25) is 11.8 Å². The summed E-state index contributed by atoms with van der Waals surface area (Å²) >= 11 is 0. The van der Waals surface area contributed by atoms with Crippen molar-refractivity contribution >= 4 is 11.8 Å². The number of aryl methyl sites for hydroxylation is 3. The SMILES string of the molecule is Cc1cc(NC(=O)[C@@H](C)N2CCC[C@H](Cn3nc(C)nc3C)C2)on1. The van der Waals surface area contributed by atoms with Crippen LogP contribution >= 0.6 is 0 Å². The molecule has 2 atom stereocenters. The molecule has 1 aliphatic heterocycles. The van der Waals surface area contributed by atoms with Crippen LogP contribution in [0.1, 0.15) is 37.1 Å². The van der Waals surface area contributed by atoms with Gasteiger partial charge in [-0.25, -0.2) is 9.67 Å². The molecule has 0 spiro atoms. The number of hydrogen-bond acceptors (Lipinski definition) is 6. The van der Waals surface area contributed by atoms with Crippen molar-refractivity contribution in [1.82, 2.24) is 24.8 Å². The van der Waals surface area contributed by atoms with Gasteiger partial charge in [-0.05, 0) is 53.0 Å². The smallest absolute Gasteiger partial charge is 0.243 e. The molecule has 1 amide bonds. The second-order valence-electron chi connectivity index (χ2n) is 6.89. The number of aromatic nitrogens is 4. The maximum Gasteiger partial charge on any atom is 0.243 e. The van der Waals surface area contributed by atoms with Gasteiger partial charge in [0, 0.05) is 19.2 Å². The number of anilines is 1. The number of rotatable bonds is 5. The summed E-state index contributed by atoms with van der Waals surface area (Å²) in [7, 11) is 0. The minimum atomic E-state index is -0.216. The largest absolute Gasteiger partial charge is 0.338 e. The molecule has 8 nitrogen and oxygen atoms in total. The standard InChI is InChI=1S/C17H26N6O2/c1-11-8-16(25-21-11)19-17(24)12(2)22-7-5-6-15(9-22)10-23-14(4)18-13(3)20-23/h8,12,15H,5-7,9-10H2,1-4H3,(H,19,24)/t12-,15+/m1/s1. The predicted octanol–water partition coefficient (Wildman–Crippen LogP) is 1.93. The van der Waals surface area contributed by atoms with E-state index in [0.717, 1.165) is 49.8 Å². The highest BCUT2D eigenvalue weighted by molar-refractivity contribution is 5.93. The number of carbonyl (C=O) groups excluding carboxylic acids is 1. The van der Waals surface area contributed by atoms with Gasteiger partial charge < -0.3 is 4.52 Å². The molecule has 2 aromatic rings. The third-order valence-electron chi connectivity index (χ3n) is 4.75. The van der Waals surface area contributed by atoms with Crippen LogP contribution in [0.5, 0.6) is 0 Å². The van der Waals surface area contributed by atoms with E-state index < -0.39 is 0 Å². The van der Waals surface area contributed by atoms with Gasteiger partial charge in [0.1, 0.15) is 11.6 Å². The van der Waals surface area contributed by atoms with Crippen molar-refractivity contribution in [2.75, 3.05) is 18.4 Å². The number of nitrogens with zero attached hydrogens (tertiary/aromatic N) is 5. The molecule has 0 saturated carbocycles. The molecule has 8 heteroatoms. The van der Waals surface area contributed by atoms with Gasteiger partial charge in [-0.3, -0.25) is 15.0 Å². The molecule has 0 aromatic carbocycles. The number of amides is 1. The average molecular weight is 346 g/mol. The molecule has 1 fully saturated rings. The molecule has 3 heterocycles. The monoisotopic (exact) mass is 346 g/mol. The average Bonchev–Trinajstić information content (AvgIpc) is 3.11. The molecule has 3 rings (SSSR count). The van der Waals surface area contributed by atoms with Crippen LogP contribution in [-0.2, 0) is 11.3 Å². The summed E-state index contributed by atoms with van der Waals surface area (Å²) in [5.41, 5.74) is 0.750. The van der Waals surface area contributed by atoms with E-state index in [9.17, 15) is 4.79 Å². The second kappa shape index (κ2) is 7.35. The van der Waals surface area contributed by atoms with Crippen molar-refractivity contribution in [3.63, 3.8) is 0 Å². The molecule has 1 aliphatic rings. The van der Waals surface area contributed by atoms with Gasteiger partial charge in [0.05, 0.1) is 11.7 Å². The number of piperidine rings is 1. The van der Waals surface area contributed by atoms with E-state index in [2.05, 4.69) is 25.5 Å². The van der Waals surface area contributed by atoms with E-state index in [1.807, 2.05) is 32.4 Å². The molecule has 0 unspecified atom stereocenters. The molecule has 0 radical (unpaired) electrons. The van der Waals surface area contributed by atoms with E-state index >= 15 is 0 Å². The van der Waals surface area contributed by atoms with Crippen LogP contribution in [0.15, 0.2) is 10.6 Å². The summed E-state index contributed by atoms with van der Waals surface area (Å²) in [6.07, 6.45) is 2.22. The lowest BCUT2D eigenvalue weighted by atomic mass is 9.96. The Morgan fingerprint density at radius 3 is 2.88 bits per heavy atom. The summed E-state index contributed by atoms with van der Waals surface area (Å²) in [5, 5.41) is 11.0. The van der Waals surface area contributed by atoms with Crippen LogP contribution in [0.2, 0.25) is 0 Å². The van der Waals surface area contributed by atoms with Gasteiger partial charge >= 0.3 is 0 Å². The van der Waals surface area contributed by atoms with Crippen LogP contribution in [-0.4, -0.2) is 49.9 Å². The maximum atomic E-state index is 12.5. The van der Waals surface area contributed by atoms with E-state index in [0.29, 0.717) is 11.8 Å². The zero-order valence-corrected chi connectivity index (χ0v) is 15.3. The molecular formula is C17H26N6O2. The highest BCUT2D eigenvalue weighted by atomic mass is 16.5. The summed E-state index contributed by atoms with van der Waals surface area (Å²) in [6, 6.07) is 1.51. The summed E-state index contributed by atoms with van der Waals surface area (Å²) in [4.78, 5) is 19.1. The lowest BCUT2D eigenvalue weighted by Gasteiger charge is -2.36. The number of carbonyl (C=O) groups is 1. The van der Waals surface area contributed by atoms with Crippen LogP contribution in [0, 0.1) is 26.7 Å². The van der Waals surface area contributed by atoms with Gasteiger partial charge in [-0.15, -0.1) is 0 Å². The highest BCUT2D eigenvalue weighted by Crippen LogP contribution is 2.21. The lowest BCUT2D eigenvalue weighted by molar-refractivity contribution is -0.121. The third-order valence-corrected chi connectivity index (χ3v) is 4.75. The van der Waals surface area contributed by atoms with E-state index in [-0.39, 0.29) is 11.9 Å². The second-order valence-corrected chi connectivity index (χ2v) is 6.89. The first-order chi connectivity index (χ1) is 11.9. The van der Waals surface area contributed by atoms with Gasteiger partial charge in [-0.2, -0.15) is 5.10 Å². The highest BCUT2D eigenvalue weighted by Gasteiger charge is 2.28. The fourth-order valence-corrected chi connectivity index (χ4v) is 3.39. The minimum absolute atomic E-state index is 0.0652. The molecule has 1 N–H and O–H groups in total. The molecular weight excluding hydrogens is 320 g/mol. The zero-order valence-electron chi connectivity index (χ0n) is 15.3. The Balaban J connectivity index is 1.58. The first kappa shape index (κ1) is 17.6.